The van der Waals surface area contributed by atoms with Crippen molar-refractivity contribution in [1.82, 2.24) is 9.88 Å². The van der Waals surface area contributed by atoms with Crippen LogP contribution in [-0.4, -0.2) is 22.8 Å². The van der Waals surface area contributed by atoms with Crippen molar-refractivity contribution in [2.45, 2.75) is 6.54 Å². The molecule has 0 radical (unpaired) electrons. The van der Waals surface area contributed by atoms with E-state index in [0.29, 0.717) is 23.6 Å². The summed E-state index contributed by atoms with van der Waals surface area (Å²) in [7, 11) is 1.70. The van der Waals surface area contributed by atoms with Gasteiger partial charge in [0.1, 0.15) is 17.3 Å². The molecular formula is C20H17FN2O2. The fourth-order valence-electron chi connectivity index (χ4n) is 2.34. The van der Waals surface area contributed by atoms with E-state index in [1.54, 1.807) is 54.6 Å². The third-order valence-electron chi connectivity index (χ3n) is 3.66. The van der Waals surface area contributed by atoms with Crippen LogP contribution in [0.5, 0.6) is 0 Å². The van der Waals surface area contributed by atoms with Crippen LogP contribution in [0.2, 0.25) is 0 Å². The Morgan fingerprint density at radius 2 is 1.96 bits per heavy atom. The number of likely N-dealkylation sites (N-methyl/N-ethyl adjacent to an activating group) is 1. The highest BCUT2D eigenvalue weighted by Crippen LogP contribution is 2.25. The Morgan fingerprint density at radius 3 is 2.72 bits per heavy atom. The van der Waals surface area contributed by atoms with Crippen LogP contribution in [0.4, 0.5) is 4.39 Å². The van der Waals surface area contributed by atoms with Crippen LogP contribution in [0.15, 0.2) is 71.3 Å². The highest BCUT2D eigenvalue weighted by atomic mass is 19.1. The first kappa shape index (κ1) is 16.6. The molecule has 0 aliphatic heterocycles. The molecule has 0 N–H and O–H groups in total. The summed E-state index contributed by atoms with van der Waals surface area (Å²) in [5, 5.41) is 0. The van der Waals surface area contributed by atoms with Gasteiger partial charge in [-0.05, 0) is 42.5 Å². The van der Waals surface area contributed by atoms with E-state index < -0.39 is 0 Å². The summed E-state index contributed by atoms with van der Waals surface area (Å²) >= 11 is 0. The summed E-state index contributed by atoms with van der Waals surface area (Å²) in [5.74, 6) is 0.387. The van der Waals surface area contributed by atoms with Crippen molar-refractivity contribution in [2.24, 2.45) is 0 Å². The number of carbonyl (C=O) groups excluding carboxylic acids is 1. The van der Waals surface area contributed by atoms with Gasteiger partial charge in [0.05, 0.1) is 17.8 Å². The smallest absolute Gasteiger partial charge is 0.246 e. The molecular weight excluding hydrogens is 319 g/mol. The molecule has 0 atom stereocenters. The molecule has 0 unspecified atom stereocenters. The normalized spacial score (nSPS) is 11.0. The third-order valence-corrected chi connectivity index (χ3v) is 3.66. The zero-order valence-corrected chi connectivity index (χ0v) is 13.7. The molecule has 25 heavy (non-hydrogen) atoms. The number of nitrogens with zero attached hydrogens (tertiary/aromatic N) is 2. The van der Waals surface area contributed by atoms with E-state index in [1.165, 1.54) is 12.1 Å². The van der Waals surface area contributed by atoms with E-state index in [9.17, 15) is 9.18 Å². The molecule has 4 nitrogen and oxygen atoms in total. The van der Waals surface area contributed by atoms with Gasteiger partial charge in [0.2, 0.25) is 5.91 Å². The lowest BCUT2D eigenvalue weighted by Crippen LogP contribution is -2.24. The van der Waals surface area contributed by atoms with E-state index in [1.807, 2.05) is 18.2 Å². The van der Waals surface area contributed by atoms with Crippen LogP contribution in [0.1, 0.15) is 11.5 Å². The second-order valence-electron chi connectivity index (χ2n) is 5.53. The second-order valence-corrected chi connectivity index (χ2v) is 5.53. The van der Waals surface area contributed by atoms with Crippen LogP contribution in [0.3, 0.4) is 0 Å². The number of furan rings is 1. The van der Waals surface area contributed by atoms with Gasteiger partial charge in [0.15, 0.2) is 0 Å². The minimum atomic E-state index is -0.349. The van der Waals surface area contributed by atoms with E-state index in [4.69, 9.17) is 4.42 Å². The van der Waals surface area contributed by atoms with E-state index in [0.717, 1.165) is 5.69 Å². The lowest BCUT2D eigenvalue weighted by atomic mass is 10.1. The summed E-state index contributed by atoms with van der Waals surface area (Å²) < 4.78 is 19.4. The number of hydrogen-bond donors (Lipinski definition) is 0. The van der Waals surface area contributed by atoms with Crippen molar-refractivity contribution in [3.05, 3.63) is 84.1 Å². The molecule has 0 saturated heterocycles. The highest BCUT2D eigenvalue weighted by Gasteiger charge is 2.09. The molecule has 0 saturated carbocycles. The van der Waals surface area contributed by atoms with Crippen LogP contribution in [0, 0.1) is 5.82 Å². The van der Waals surface area contributed by atoms with Crippen LogP contribution in [-0.2, 0) is 11.3 Å². The lowest BCUT2D eigenvalue weighted by Gasteiger charge is -2.14. The Kier molecular flexibility index (Phi) is 5.04. The fraction of sp³-hybridized carbons (Fsp3) is 0.100. The monoisotopic (exact) mass is 336 g/mol. The van der Waals surface area contributed by atoms with E-state index >= 15 is 0 Å². The van der Waals surface area contributed by atoms with Crippen molar-refractivity contribution in [3.8, 4) is 11.3 Å². The molecule has 5 heteroatoms. The Labute approximate surface area is 145 Å². The number of hydrogen-bond acceptors (Lipinski definition) is 3. The largest absolute Gasteiger partial charge is 0.457 e. The average Bonchev–Trinajstić information content (AvgIpc) is 3.09. The summed E-state index contributed by atoms with van der Waals surface area (Å²) in [6.07, 6.45) is 4.69. The molecule has 2 aromatic heterocycles. The quantitative estimate of drug-likeness (QED) is 0.658. The maximum Gasteiger partial charge on any atom is 0.246 e. The van der Waals surface area contributed by atoms with Crippen molar-refractivity contribution in [3.63, 3.8) is 0 Å². The Morgan fingerprint density at radius 1 is 1.16 bits per heavy atom. The molecule has 126 valence electrons. The zero-order valence-electron chi connectivity index (χ0n) is 13.7. The minimum absolute atomic E-state index is 0.172. The summed E-state index contributed by atoms with van der Waals surface area (Å²) in [5.41, 5.74) is 1.20. The molecule has 0 fully saturated rings. The molecule has 0 spiro atoms. The molecule has 0 aliphatic carbocycles. The SMILES string of the molecule is CN(Cc1ccccn1)C(=O)C=Cc1ccc(-c2ccccc2F)o1. The van der Waals surface area contributed by atoms with Crippen molar-refractivity contribution < 1.29 is 13.6 Å². The van der Waals surface area contributed by atoms with Gasteiger partial charge in [-0.1, -0.05) is 18.2 Å². The first-order valence-corrected chi connectivity index (χ1v) is 7.81. The van der Waals surface area contributed by atoms with Gasteiger partial charge in [-0.3, -0.25) is 9.78 Å². The number of benzene rings is 1. The zero-order chi connectivity index (χ0) is 17.6. The average molecular weight is 336 g/mol. The van der Waals surface area contributed by atoms with Gasteiger partial charge < -0.3 is 9.32 Å². The number of halogens is 1. The third kappa shape index (κ3) is 4.20. The summed E-state index contributed by atoms with van der Waals surface area (Å²) in [6.45, 7) is 0.419. The Hall–Kier alpha value is -3.21. The first-order chi connectivity index (χ1) is 12.1. The molecule has 2 heterocycles. The maximum atomic E-state index is 13.8. The topological polar surface area (TPSA) is 46.3 Å². The molecule has 1 aromatic carbocycles. The van der Waals surface area contributed by atoms with Gasteiger partial charge in [-0.25, -0.2) is 4.39 Å². The number of aromatic nitrogens is 1. The second kappa shape index (κ2) is 7.57. The van der Waals surface area contributed by atoms with Crippen molar-refractivity contribution in [2.75, 3.05) is 7.05 Å². The molecule has 3 rings (SSSR count). The first-order valence-electron chi connectivity index (χ1n) is 7.81. The van der Waals surface area contributed by atoms with E-state index in [-0.39, 0.29) is 11.7 Å². The predicted molar refractivity (Wildman–Crippen MR) is 93.8 cm³/mol. The standard InChI is InChI=1S/C20H17FN2O2/c1-23(14-15-6-4-5-13-22-15)20(24)12-10-16-9-11-19(25-16)17-7-2-3-8-18(17)21/h2-13H,14H2,1H3. The highest BCUT2D eigenvalue weighted by molar-refractivity contribution is 5.91. The van der Waals surface area contributed by atoms with Gasteiger partial charge in [0, 0.05) is 19.3 Å². The van der Waals surface area contributed by atoms with Crippen molar-refractivity contribution in [1.29, 1.82) is 0 Å². The van der Waals surface area contributed by atoms with Crippen LogP contribution < -0.4 is 0 Å². The van der Waals surface area contributed by atoms with Gasteiger partial charge in [-0.15, -0.1) is 0 Å². The molecule has 0 aliphatic rings. The maximum absolute atomic E-state index is 13.8. The van der Waals surface area contributed by atoms with Crippen LogP contribution >= 0.6 is 0 Å². The molecule has 3 aromatic rings. The Bertz CT molecular complexity index is 887. The molecule has 1 amide bonds. The van der Waals surface area contributed by atoms with Gasteiger partial charge in [0.25, 0.3) is 0 Å². The van der Waals surface area contributed by atoms with Gasteiger partial charge >= 0.3 is 0 Å². The minimum Gasteiger partial charge on any atom is -0.457 e. The van der Waals surface area contributed by atoms with Crippen molar-refractivity contribution >= 4 is 12.0 Å². The number of carbonyl (C=O) groups is 1. The lowest BCUT2D eigenvalue weighted by molar-refractivity contribution is -0.125. The predicted octanol–water partition coefficient (Wildman–Crippen LogP) is 4.15. The molecule has 0 bridgehead atoms. The van der Waals surface area contributed by atoms with E-state index in [2.05, 4.69) is 4.98 Å². The Balaban J connectivity index is 1.66. The van der Waals surface area contributed by atoms with Gasteiger partial charge in [-0.2, -0.15) is 0 Å². The summed E-state index contributed by atoms with van der Waals surface area (Å²) in [6, 6.07) is 15.3. The van der Waals surface area contributed by atoms with Crippen LogP contribution in [0.25, 0.3) is 17.4 Å². The number of amides is 1. The fourth-order valence-corrected chi connectivity index (χ4v) is 2.34. The summed E-state index contributed by atoms with van der Waals surface area (Å²) in [4.78, 5) is 17.9. The number of rotatable bonds is 5. The number of pyridine rings is 1.